The van der Waals surface area contributed by atoms with E-state index in [1.807, 2.05) is 60.0 Å². The van der Waals surface area contributed by atoms with Gasteiger partial charge in [-0.15, -0.1) is 10.2 Å². The second-order valence-corrected chi connectivity index (χ2v) is 9.97. The molecule has 0 amide bonds. The van der Waals surface area contributed by atoms with Crippen LogP contribution >= 0.6 is 23.4 Å². The number of hydrogen-bond donors (Lipinski definition) is 0. The maximum atomic E-state index is 6.23. The van der Waals surface area contributed by atoms with Gasteiger partial charge < -0.3 is 9.26 Å². The zero-order valence-corrected chi connectivity index (χ0v) is 19.9. The third kappa shape index (κ3) is 4.97. The summed E-state index contributed by atoms with van der Waals surface area (Å²) in [5, 5.41) is 14.1. The predicted octanol–water partition coefficient (Wildman–Crippen LogP) is 6.03. The molecule has 0 N–H and O–H groups in total. The molecule has 2 heterocycles. The molecule has 2 aromatic carbocycles. The third-order valence-corrected chi connectivity index (χ3v) is 5.99. The lowest BCUT2D eigenvalue weighted by Crippen LogP contribution is -2.13. The minimum atomic E-state index is -0.181. The normalized spacial score (nSPS) is 12.7. The second kappa shape index (κ2) is 9.34. The molecular weight excluding hydrogens is 446 g/mol. The van der Waals surface area contributed by atoms with E-state index in [1.165, 1.54) is 11.8 Å². The van der Waals surface area contributed by atoms with E-state index in [-0.39, 0.29) is 17.3 Å². The van der Waals surface area contributed by atoms with Gasteiger partial charge >= 0.3 is 0 Å². The molecule has 1 atom stereocenters. The van der Waals surface area contributed by atoms with Crippen LogP contribution in [-0.2, 0) is 12.0 Å². The average molecular weight is 470 g/mol. The van der Waals surface area contributed by atoms with Gasteiger partial charge in [-0.1, -0.05) is 79.6 Å². The Hall–Kier alpha value is -2.84. The Morgan fingerprint density at radius 1 is 1.06 bits per heavy atom. The van der Waals surface area contributed by atoms with Crippen LogP contribution in [0.5, 0.6) is 5.75 Å². The molecular formula is C23H24ClN5O2S. The van der Waals surface area contributed by atoms with Gasteiger partial charge in [0.2, 0.25) is 5.89 Å². The first kappa shape index (κ1) is 22.4. The van der Waals surface area contributed by atoms with E-state index >= 15 is 0 Å². The molecule has 0 bridgehead atoms. The van der Waals surface area contributed by atoms with Crippen LogP contribution in [-0.4, -0.2) is 24.9 Å². The predicted molar refractivity (Wildman–Crippen MR) is 124 cm³/mol. The fourth-order valence-electron chi connectivity index (χ4n) is 2.92. The van der Waals surface area contributed by atoms with Gasteiger partial charge in [0.1, 0.15) is 12.4 Å². The average Bonchev–Trinajstić information content (AvgIpc) is 3.41. The Labute approximate surface area is 196 Å². The highest BCUT2D eigenvalue weighted by molar-refractivity contribution is 7.99. The Balaban J connectivity index is 1.61. The molecule has 4 rings (SSSR count). The molecule has 0 saturated heterocycles. The van der Waals surface area contributed by atoms with Crippen molar-refractivity contribution in [2.45, 2.75) is 50.1 Å². The summed E-state index contributed by atoms with van der Waals surface area (Å²) in [5.41, 5.74) is 0.755. The third-order valence-electron chi connectivity index (χ3n) is 4.65. The largest absolute Gasteiger partial charge is 0.484 e. The SMILES string of the molecule is CC(Sc1nnc(COc2ccccc2Cl)n1-c1ccccc1)c1nc(C(C)(C)C)no1. The van der Waals surface area contributed by atoms with E-state index in [1.54, 1.807) is 6.07 Å². The number of ether oxygens (including phenoxy) is 1. The summed E-state index contributed by atoms with van der Waals surface area (Å²) in [5.74, 6) is 2.49. The van der Waals surface area contributed by atoms with Crippen LogP contribution in [0.15, 0.2) is 64.3 Å². The maximum Gasteiger partial charge on any atom is 0.239 e. The first-order valence-corrected chi connectivity index (χ1v) is 11.5. The molecule has 9 heteroatoms. The monoisotopic (exact) mass is 469 g/mol. The summed E-state index contributed by atoms with van der Waals surface area (Å²) < 4.78 is 13.4. The minimum Gasteiger partial charge on any atom is -0.484 e. The van der Waals surface area contributed by atoms with Gasteiger partial charge in [0.15, 0.2) is 16.8 Å². The number of para-hydroxylation sites is 2. The molecule has 0 aliphatic rings. The molecule has 0 radical (unpaired) electrons. The van der Waals surface area contributed by atoms with Crippen LogP contribution in [0.3, 0.4) is 0 Å². The summed E-state index contributed by atoms with van der Waals surface area (Å²) in [4.78, 5) is 4.58. The van der Waals surface area contributed by atoms with E-state index in [9.17, 15) is 0 Å². The van der Waals surface area contributed by atoms with Crippen molar-refractivity contribution >= 4 is 23.4 Å². The molecule has 0 aliphatic carbocycles. The molecule has 2 aromatic heterocycles. The second-order valence-electron chi connectivity index (χ2n) is 8.26. The van der Waals surface area contributed by atoms with Crippen molar-refractivity contribution in [3.8, 4) is 11.4 Å². The number of hydrogen-bond acceptors (Lipinski definition) is 7. The minimum absolute atomic E-state index is 0.109. The molecule has 7 nitrogen and oxygen atoms in total. The number of aromatic nitrogens is 5. The van der Waals surface area contributed by atoms with E-state index in [2.05, 4.69) is 41.1 Å². The van der Waals surface area contributed by atoms with Crippen molar-refractivity contribution < 1.29 is 9.26 Å². The van der Waals surface area contributed by atoms with Crippen molar-refractivity contribution in [2.75, 3.05) is 0 Å². The van der Waals surface area contributed by atoms with Gasteiger partial charge in [-0.05, 0) is 31.2 Å². The molecule has 32 heavy (non-hydrogen) atoms. The Kier molecular flexibility index (Phi) is 6.53. The van der Waals surface area contributed by atoms with Crippen molar-refractivity contribution in [3.63, 3.8) is 0 Å². The Morgan fingerprint density at radius 2 is 1.78 bits per heavy atom. The maximum absolute atomic E-state index is 6.23. The Morgan fingerprint density at radius 3 is 2.47 bits per heavy atom. The smallest absolute Gasteiger partial charge is 0.239 e. The quantitative estimate of drug-likeness (QED) is 0.305. The van der Waals surface area contributed by atoms with Crippen molar-refractivity contribution in [1.29, 1.82) is 0 Å². The summed E-state index contributed by atoms with van der Waals surface area (Å²) in [6, 6.07) is 17.3. The van der Waals surface area contributed by atoms with Crippen LogP contribution < -0.4 is 4.74 Å². The number of rotatable bonds is 7. The highest BCUT2D eigenvalue weighted by Gasteiger charge is 2.25. The topological polar surface area (TPSA) is 78.9 Å². The molecule has 0 saturated carbocycles. The zero-order chi connectivity index (χ0) is 22.7. The van der Waals surface area contributed by atoms with Crippen molar-refractivity contribution in [2.24, 2.45) is 0 Å². The lowest BCUT2D eigenvalue weighted by Gasteiger charge is -2.13. The van der Waals surface area contributed by atoms with E-state index in [0.29, 0.717) is 33.5 Å². The summed E-state index contributed by atoms with van der Waals surface area (Å²) in [6.45, 7) is 8.38. The van der Waals surface area contributed by atoms with Crippen LogP contribution in [0.25, 0.3) is 5.69 Å². The molecule has 0 aliphatic heterocycles. The van der Waals surface area contributed by atoms with Gasteiger partial charge in [0, 0.05) is 11.1 Å². The molecule has 0 spiro atoms. The zero-order valence-electron chi connectivity index (χ0n) is 18.3. The first-order chi connectivity index (χ1) is 15.3. The summed E-state index contributed by atoms with van der Waals surface area (Å²) >= 11 is 7.73. The van der Waals surface area contributed by atoms with Crippen molar-refractivity contribution in [3.05, 3.63) is 77.2 Å². The summed E-state index contributed by atoms with van der Waals surface area (Å²) in [7, 11) is 0. The Bertz CT molecular complexity index is 1190. The van der Waals surface area contributed by atoms with Crippen LogP contribution in [0.4, 0.5) is 0 Å². The number of nitrogens with zero attached hydrogens (tertiary/aromatic N) is 5. The van der Waals surface area contributed by atoms with E-state index < -0.39 is 0 Å². The lowest BCUT2D eigenvalue weighted by atomic mass is 9.96. The first-order valence-electron chi connectivity index (χ1n) is 10.2. The molecule has 1 unspecified atom stereocenters. The van der Waals surface area contributed by atoms with Gasteiger partial charge in [0.05, 0.1) is 10.3 Å². The molecule has 0 fully saturated rings. The summed E-state index contributed by atoms with van der Waals surface area (Å²) in [6.07, 6.45) is 0. The number of halogens is 1. The standard InChI is InChI=1S/C23H24ClN5O2S/c1-15(20-25-21(28-31-20)23(2,3)4)32-22-27-26-19(29(22)16-10-6-5-7-11-16)14-30-18-13-9-8-12-17(18)24/h5-13,15H,14H2,1-4H3. The van der Waals surface area contributed by atoms with Crippen LogP contribution in [0.2, 0.25) is 5.02 Å². The van der Waals surface area contributed by atoms with Crippen LogP contribution in [0, 0.1) is 0 Å². The van der Waals surface area contributed by atoms with Gasteiger partial charge in [0.25, 0.3) is 0 Å². The van der Waals surface area contributed by atoms with E-state index in [4.69, 9.17) is 20.9 Å². The lowest BCUT2D eigenvalue weighted by molar-refractivity contribution is 0.293. The fourth-order valence-corrected chi connectivity index (χ4v) is 4.03. The fraction of sp³-hybridized carbons (Fsp3) is 0.304. The van der Waals surface area contributed by atoms with Gasteiger partial charge in [-0.25, -0.2) is 0 Å². The van der Waals surface area contributed by atoms with Gasteiger partial charge in [-0.2, -0.15) is 4.98 Å². The van der Waals surface area contributed by atoms with Crippen molar-refractivity contribution in [1.82, 2.24) is 24.9 Å². The van der Waals surface area contributed by atoms with Crippen LogP contribution in [0.1, 0.15) is 50.5 Å². The highest BCUT2D eigenvalue weighted by atomic mass is 35.5. The molecule has 166 valence electrons. The molecule has 4 aromatic rings. The number of benzene rings is 2. The van der Waals surface area contributed by atoms with Gasteiger partial charge in [-0.3, -0.25) is 4.57 Å². The highest BCUT2D eigenvalue weighted by Crippen LogP contribution is 2.35. The number of thioether (sulfide) groups is 1. The van der Waals surface area contributed by atoms with E-state index in [0.717, 1.165) is 5.69 Å².